The second-order valence-corrected chi connectivity index (χ2v) is 11.9. The molecule has 0 aromatic rings. The van der Waals surface area contributed by atoms with Crippen molar-refractivity contribution in [2.75, 3.05) is 6.61 Å². The summed E-state index contributed by atoms with van der Waals surface area (Å²) in [5.74, 6) is 0.560. The Bertz CT molecular complexity index is 357. The van der Waals surface area contributed by atoms with Gasteiger partial charge in [0.2, 0.25) is 0 Å². The third-order valence-corrected chi connectivity index (χ3v) is 2.24. The molecule has 1 unspecified atom stereocenters. The average Bonchev–Trinajstić information content (AvgIpc) is 2.56. The van der Waals surface area contributed by atoms with Crippen LogP contribution in [-0.2, 0) is 19.2 Å². The summed E-state index contributed by atoms with van der Waals surface area (Å²) < 4.78 is 0. The Kier molecular flexibility index (Phi) is 43.1. The Balaban J connectivity index is -0.0000000395. The Labute approximate surface area is 198 Å². The Morgan fingerprint density at radius 2 is 1.30 bits per heavy atom. The number of allylic oxidation sites excluding steroid dienone is 4. The van der Waals surface area contributed by atoms with Gasteiger partial charge in [0.1, 0.15) is 0 Å². The van der Waals surface area contributed by atoms with E-state index in [1.807, 2.05) is 67.2 Å². The van der Waals surface area contributed by atoms with E-state index >= 15 is 0 Å². The van der Waals surface area contributed by atoms with E-state index in [9.17, 15) is 0 Å². The van der Waals surface area contributed by atoms with Crippen LogP contribution in [0.15, 0.2) is 16.7 Å². The summed E-state index contributed by atoms with van der Waals surface area (Å²) in [6.07, 6.45) is 3.36. The molecule has 0 saturated carbocycles. The van der Waals surface area contributed by atoms with Crippen molar-refractivity contribution in [3.63, 3.8) is 0 Å². The molecule has 0 radical (unpaired) electrons. The summed E-state index contributed by atoms with van der Waals surface area (Å²) in [6.45, 7) is 21.8. The minimum absolute atomic E-state index is 0. The number of aliphatic hydroxyl groups is 1. The van der Waals surface area contributed by atoms with Gasteiger partial charge in [0.05, 0.1) is 0 Å². The predicted molar refractivity (Wildman–Crippen MR) is 132 cm³/mol. The van der Waals surface area contributed by atoms with Crippen LogP contribution >= 0.6 is 24.8 Å². The fourth-order valence-corrected chi connectivity index (χ4v) is 1.16. The molecule has 0 saturated heterocycles. The van der Waals surface area contributed by atoms with Crippen molar-refractivity contribution in [1.29, 1.82) is 0 Å². The summed E-state index contributed by atoms with van der Waals surface area (Å²) in [5, 5.41) is 7.57. The Morgan fingerprint density at radius 1 is 1.11 bits per heavy atom. The summed E-state index contributed by atoms with van der Waals surface area (Å²) in [4.78, 5) is 8.66. The molecule has 1 rings (SSSR count). The summed E-state index contributed by atoms with van der Waals surface area (Å²) >= 11 is 2.03. The van der Waals surface area contributed by atoms with Crippen LogP contribution in [0.3, 0.4) is 0 Å². The maximum absolute atomic E-state index is 8.66. The van der Waals surface area contributed by atoms with Crippen molar-refractivity contribution in [2.45, 2.75) is 80.6 Å². The van der Waals surface area contributed by atoms with Gasteiger partial charge in [-0.05, 0) is 26.6 Å². The van der Waals surface area contributed by atoms with Crippen molar-refractivity contribution >= 4 is 40.8 Å². The van der Waals surface area contributed by atoms with E-state index < -0.39 is 8.32 Å². The maximum atomic E-state index is 8.66. The summed E-state index contributed by atoms with van der Waals surface area (Å²) in [7, 11) is 0.250. The van der Waals surface area contributed by atoms with Crippen LogP contribution in [0, 0.1) is 19.4 Å². The number of rotatable bonds is 0. The van der Waals surface area contributed by atoms with Gasteiger partial charge >= 0.3 is 26.8 Å². The van der Waals surface area contributed by atoms with Crippen molar-refractivity contribution in [3.05, 3.63) is 36.0 Å². The monoisotopic (exact) mass is 494 g/mol. The van der Waals surface area contributed by atoms with Crippen LogP contribution < -0.4 is 0 Å². The Hall–Kier alpha value is 1.09. The molecule has 0 spiro atoms. The van der Waals surface area contributed by atoms with Crippen LogP contribution in [0.4, 0.5) is 0 Å². The number of hydrogen-bond acceptors (Lipinski definition) is 2. The van der Waals surface area contributed by atoms with Crippen molar-refractivity contribution in [2.24, 2.45) is 5.92 Å². The molecule has 0 fully saturated rings. The fraction of sp³-hybridized carbons (Fsp3) is 0.737. The van der Waals surface area contributed by atoms with Crippen molar-refractivity contribution in [1.82, 2.24) is 0 Å². The molecule has 0 aromatic heterocycles. The summed E-state index contributed by atoms with van der Waals surface area (Å²) in [6, 6.07) is 0. The molecule has 0 bridgehead atoms. The second kappa shape index (κ2) is 25.1. The molecule has 1 aliphatic rings. The molecular formula is C19H46Cl2NO2Si2Ti-3. The van der Waals surface area contributed by atoms with Gasteiger partial charge in [-0.1, -0.05) is 47.5 Å². The first-order chi connectivity index (χ1) is 10.5. The molecule has 3 N–H and O–H groups in total. The molecule has 168 valence electrons. The van der Waals surface area contributed by atoms with Crippen molar-refractivity contribution < 1.29 is 29.1 Å². The van der Waals surface area contributed by atoms with Gasteiger partial charge in [-0.2, -0.15) is 11.1 Å². The predicted octanol–water partition coefficient (Wildman–Crippen LogP) is 5.75. The van der Waals surface area contributed by atoms with Gasteiger partial charge in [-0.25, -0.2) is 5.57 Å². The van der Waals surface area contributed by atoms with E-state index in [1.165, 1.54) is 16.7 Å². The fourth-order valence-electron chi connectivity index (χ4n) is 1.16. The number of hydrogen-bond donors (Lipinski definition) is 2. The molecule has 0 aromatic carbocycles. The van der Waals surface area contributed by atoms with Gasteiger partial charge in [-0.15, -0.1) is 37.3 Å². The summed E-state index contributed by atoms with van der Waals surface area (Å²) in [5.41, 5.74) is 10.9. The quantitative estimate of drug-likeness (QED) is 0.332. The molecular weight excluding hydrogens is 449 g/mol. The van der Waals surface area contributed by atoms with E-state index in [0.29, 0.717) is 5.92 Å². The van der Waals surface area contributed by atoms with Crippen LogP contribution in [0.1, 0.15) is 55.4 Å². The SMILES string of the molecule is CC(C)(C)[NH-].CC1=[C-]C(C)C(C)=C1C.CCO.C[Si](C)(C)O.Cl.Cl.[CH3-].[SiH2]=[Ti]. The zero-order valence-electron chi connectivity index (χ0n) is 19.7. The molecule has 3 nitrogen and oxygen atoms in total. The first-order valence-corrected chi connectivity index (χ1v) is 15.7. The van der Waals surface area contributed by atoms with Crippen LogP contribution in [0.25, 0.3) is 5.73 Å². The van der Waals surface area contributed by atoms with Gasteiger partial charge in [0, 0.05) is 6.61 Å². The standard InChI is InChI=1S/C9H13.C4H10N.C3H10OSi.C2H6O.CH3.2ClH.H2Si.Ti/c1-6-5-7(2)9(4)8(6)3;1-4(2,3)5;1-5(2,3)4;1-2-3;;;;;/h6H,1-4H3;5H,1-3H3;4H,1-3H3;3H,2H2,1H3;1H3;2*1H;1H2;/q2*-1;;;-1;;;;. The number of aliphatic hydroxyl groups excluding tert-OH is 1. The normalized spacial score (nSPS) is 14.3. The third-order valence-electron chi connectivity index (χ3n) is 2.24. The molecule has 1 atom stereocenters. The molecule has 1 aliphatic carbocycles. The van der Waals surface area contributed by atoms with Crippen LogP contribution in [0.5, 0.6) is 0 Å². The molecule has 27 heavy (non-hydrogen) atoms. The minimum atomic E-state index is -1.61. The van der Waals surface area contributed by atoms with Gasteiger partial charge in [0.15, 0.2) is 8.32 Å². The Morgan fingerprint density at radius 3 is 1.33 bits per heavy atom. The second-order valence-electron chi connectivity index (χ2n) is 7.54. The first kappa shape index (κ1) is 46.3. The van der Waals surface area contributed by atoms with Crippen molar-refractivity contribution in [3.8, 4) is 0 Å². The number of halogens is 2. The molecule has 0 amide bonds. The van der Waals surface area contributed by atoms with E-state index in [1.54, 1.807) is 6.92 Å². The zero-order chi connectivity index (χ0) is 20.7. The van der Waals surface area contributed by atoms with E-state index in [2.05, 4.69) is 33.8 Å². The molecule has 0 aliphatic heterocycles. The van der Waals surface area contributed by atoms with Gasteiger partial charge < -0.3 is 23.1 Å². The molecule has 0 heterocycles. The van der Waals surface area contributed by atoms with Crippen LogP contribution in [-0.4, -0.2) is 38.0 Å². The van der Waals surface area contributed by atoms with E-state index in [-0.39, 0.29) is 44.4 Å². The average molecular weight is 496 g/mol. The third kappa shape index (κ3) is 58.4. The van der Waals surface area contributed by atoms with E-state index in [4.69, 9.17) is 15.6 Å². The first-order valence-electron chi connectivity index (χ1n) is 8.26. The number of nitrogens with one attached hydrogen (secondary N) is 1. The van der Waals surface area contributed by atoms with Crippen LogP contribution in [0.2, 0.25) is 19.6 Å². The zero-order valence-corrected chi connectivity index (χ0v) is 25.3. The topological polar surface area (TPSA) is 64.3 Å². The van der Waals surface area contributed by atoms with Gasteiger partial charge in [-0.3, -0.25) is 6.08 Å². The molecule has 8 heteroatoms. The van der Waals surface area contributed by atoms with E-state index in [0.717, 1.165) is 0 Å². The van der Waals surface area contributed by atoms with Gasteiger partial charge in [0.25, 0.3) is 0 Å².